The van der Waals surface area contributed by atoms with E-state index in [1.807, 2.05) is 37.3 Å². The van der Waals surface area contributed by atoms with Gasteiger partial charge in [0.2, 0.25) is 0 Å². The van der Waals surface area contributed by atoms with Crippen molar-refractivity contribution in [2.75, 3.05) is 20.3 Å². The number of hydrogen-bond donors (Lipinski definition) is 1. The highest BCUT2D eigenvalue weighted by atomic mass is 16.5. The van der Waals surface area contributed by atoms with Gasteiger partial charge >= 0.3 is 0 Å². The molecule has 1 N–H and O–H groups in total. The second-order valence-electron chi connectivity index (χ2n) is 8.99. The number of ketones is 1. The lowest BCUT2D eigenvalue weighted by molar-refractivity contribution is -0.140. The molecule has 3 aromatic carbocycles. The van der Waals surface area contributed by atoms with Crippen molar-refractivity contribution in [2.45, 2.75) is 39.3 Å². The quantitative estimate of drug-likeness (QED) is 0.148. The van der Waals surface area contributed by atoms with Crippen LogP contribution in [0.2, 0.25) is 0 Å². The van der Waals surface area contributed by atoms with Crippen LogP contribution in [0.5, 0.6) is 17.2 Å². The minimum Gasteiger partial charge on any atom is -0.507 e. The summed E-state index contributed by atoms with van der Waals surface area (Å²) < 4.78 is 17.0. The van der Waals surface area contributed by atoms with Crippen LogP contribution in [0.25, 0.3) is 5.76 Å². The summed E-state index contributed by atoms with van der Waals surface area (Å²) in [5.41, 5.74) is 1.91. The molecule has 198 valence electrons. The lowest BCUT2D eigenvalue weighted by Gasteiger charge is -2.26. The fraction of sp³-hybridized carbons (Fsp3) is 0.290. The van der Waals surface area contributed by atoms with Gasteiger partial charge in [0.15, 0.2) is 11.5 Å². The van der Waals surface area contributed by atoms with Gasteiger partial charge in [-0.15, -0.1) is 0 Å². The van der Waals surface area contributed by atoms with E-state index in [0.717, 1.165) is 18.4 Å². The Balaban J connectivity index is 1.82. The SMILES string of the molecule is CCCCOc1cccc(/C(O)=C2\C(=O)C(=O)N(Cc3ccccc3)C2c2ccc(OCC)c(OC)c2)c1. The zero-order valence-corrected chi connectivity index (χ0v) is 22.0. The maximum Gasteiger partial charge on any atom is 0.295 e. The van der Waals surface area contributed by atoms with E-state index in [2.05, 4.69) is 6.92 Å². The molecule has 1 amide bonds. The molecule has 1 heterocycles. The molecule has 4 rings (SSSR count). The number of unbranched alkanes of at least 4 members (excludes halogenated alkanes) is 1. The van der Waals surface area contributed by atoms with Crippen LogP contribution in [-0.4, -0.2) is 42.0 Å². The predicted octanol–water partition coefficient (Wildman–Crippen LogP) is 5.89. The minimum atomic E-state index is -0.829. The van der Waals surface area contributed by atoms with Crippen molar-refractivity contribution in [1.29, 1.82) is 0 Å². The molecule has 1 saturated heterocycles. The van der Waals surface area contributed by atoms with Crippen LogP contribution in [0.1, 0.15) is 49.4 Å². The molecular weight excluding hydrogens is 482 g/mol. The van der Waals surface area contributed by atoms with Crippen LogP contribution in [0.4, 0.5) is 0 Å². The van der Waals surface area contributed by atoms with E-state index in [1.54, 1.807) is 42.5 Å². The Morgan fingerprint density at radius 2 is 1.71 bits per heavy atom. The third-order valence-corrected chi connectivity index (χ3v) is 6.41. The molecule has 38 heavy (non-hydrogen) atoms. The van der Waals surface area contributed by atoms with Crippen molar-refractivity contribution >= 4 is 17.4 Å². The standard InChI is InChI=1S/C31H33NO6/c1-4-6-17-38-24-14-10-13-23(18-24)29(33)27-28(22-15-16-25(37-5-2)26(19-22)36-3)32(31(35)30(27)34)20-21-11-8-7-9-12-21/h7-16,18-19,28,33H,4-6,17,20H2,1-3H3/b29-27+. The first-order chi connectivity index (χ1) is 18.5. The number of hydrogen-bond acceptors (Lipinski definition) is 6. The number of amides is 1. The van der Waals surface area contributed by atoms with Crippen LogP contribution in [0, 0.1) is 0 Å². The molecule has 1 atom stereocenters. The monoisotopic (exact) mass is 515 g/mol. The number of Topliss-reactive ketones (excluding diaryl/α,β-unsaturated/α-hetero) is 1. The molecule has 3 aromatic rings. The normalized spacial score (nSPS) is 16.5. The molecule has 0 aliphatic carbocycles. The first-order valence-corrected chi connectivity index (χ1v) is 12.8. The van der Waals surface area contributed by atoms with E-state index < -0.39 is 17.7 Å². The number of rotatable bonds is 11. The summed E-state index contributed by atoms with van der Waals surface area (Å²) in [5.74, 6) is -0.0631. The molecule has 0 bridgehead atoms. The van der Waals surface area contributed by atoms with Gasteiger partial charge in [0.05, 0.1) is 31.9 Å². The number of nitrogens with zero attached hydrogens (tertiary/aromatic N) is 1. The molecule has 1 fully saturated rings. The first kappa shape index (κ1) is 26.8. The second kappa shape index (κ2) is 12.3. The zero-order valence-electron chi connectivity index (χ0n) is 22.0. The summed E-state index contributed by atoms with van der Waals surface area (Å²) in [7, 11) is 1.53. The van der Waals surface area contributed by atoms with Crippen molar-refractivity contribution < 1.29 is 28.9 Å². The molecule has 1 aliphatic heterocycles. The lowest BCUT2D eigenvalue weighted by Crippen LogP contribution is -2.29. The largest absolute Gasteiger partial charge is 0.507 e. The molecule has 7 heteroatoms. The summed E-state index contributed by atoms with van der Waals surface area (Å²) in [6.07, 6.45) is 1.90. The second-order valence-corrected chi connectivity index (χ2v) is 8.99. The molecule has 0 spiro atoms. The highest BCUT2D eigenvalue weighted by Crippen LogP contribution is 2.43. The van der Waals surface area contributed by atoms with Crippen LogP contribution in [0.3, 0.4) is 0 Å². The Kier molecular flexibility index (Phi) is 8.69. The van der Waals surface area contributed by atoms with Crippen LogP contribution < -0.4 is 14.2 Å². The third kappa shape index (κ3) is 5.67. The molecule has 0 saturated carbocycles. The van der Waals surface area contributed by atoms with E-state index >= 15 is 0 Å². The lowest BCUT2D eigenvalue weighted by atomic mass is 9.94. The number of aliphatic hydroxyl groups excluding tert-OH is 1. The van der Waals surface area contributed by atoms with E-state index in [9.17, 15) is 14.7 Å². The van der Waals surface area contributed by atoms with E-state index in [4.69, 9.17) is 14.2 Å². The highest BCUT2D eigenvalue weighted by molar-refractivity contribution is 6.46. The number of ether oxygens (including phenoxy) is 3. The van der Waals surface area contributed by atoms with Crippen LogP contribution >= 0.6 is 0 Å². The van der Waals surface area contributed by atoms with Gasteiger partial charge in [0.25, 0.3) is 11.7 Å². The molecule has 0 aromatic heterocycles. The number of aliphatic hydroxyl groups is 1. The maximum atomic E-state index is 13.4. The van der Waals surface area contributed by atoms with Crippen LogP contribution in [-0.2, 0) is 16.1 Å². The van der Waals surface area contributed by atoms with E-state index in [1.165, 1.54) is 12.0 Å². The van der Waals surface area contributed by atoms with Crippen molar-refractivity contribution in [3.63, 3.8) is 0 Å². The Morgan fingerprint density at radius 3 is 2.42 bits per heavy atom. The topological polar surface area (TPSA) is 85.3 Å². The van der Waals surface area contributed by atoms with Crippen molar-refractivity contribution in [3.8, 4) is 17.2 Å². The summed E-state index contributed by atoms with van der Waals surface area (Å²) in [5, 5.41) is 11.5. The Bertz CT molecular complexity index is 1320. The summed E-state index contributed by atoms with van der Waals surface area (Å²) in [6, 6.07) is 20.8. The molecule has 0 radical (unpaired) electrons. The third-order valence-electron chi connectivity index (χ3n) is 6.41. The molecular formula is C31H33NO6. The average Bonchev–Trinajstić information content (AvgIpc) is 3.19. The summed E-state index contributed by atoms with van der Waals surface area (Å²) in [6.45, 7) is 5.16. The summed E-state index contributed by atoms with van der Waals surface area (Å²) in [4.78, 5) is 28.3. The van der Waals surface area contributed by atoms with Crippen molar-refractivity contribution in [1.82, 2.24) is 4.90 Å². The Morgan fingerprint density at radius 1 is 0.921 bits per heavy atom. The first-order valence-electron chi connectivity index (χ1n) is 12.8. The fourth-order valence-corrected chi connectivity index (χ4v) is 4.52. The smallest absolute Gasteiger partial charge is 0.295 e. The van der Waals surface area contributed by atoms with Gasteiger partial charge in [-0.25, -0.2) is 0 Å². The highest BCUT2D eigenvalue weighted by Gasteiger charge is 2.46. The average molecular weight is 516 g/mol. The Hall–Kier alpha value is -4.26. The number of likely N-dealkylation sites (tertiary alicyclic amines) is 1. The molecule has 1 aliphatic rings. The zero-order chi connectivity index (χ0) is 27.1. The number of methoxy groups -OCH3 is 1. The molecule has 1 unspecified atom stereocenters. The number of carbonyl (C=O) groups excluding carboxylic acids is 2. The van der Waals surface area contributed by atoms with E-state index in [-0.39, 0.29) is 17.9 Å². The molecule has 7 nitrogen and oxygen atoms in total. The van der Waals surface area contributed by atoms with Gasteiger partial charge in [-0.3, -0.25) is 9.59 Å². The summed E-state index contributed by atoms with van der Waals surface area (Å²) >= 11 is 0. The van der Waals surface area contributed by atoms with Gasteiger partial charge in [0, 0.05) is 12.1 Å². The minimum absolute atomic E-state index is 0.0165. The number of benzene rings is 3. The predicted molar refractivity (Wildman–Crippen MR) is 145 cm³/mol. The number of carbonyl (C=O) groups is 2. The van der Waals surface area contributed by atoms with Crippen molar-refractivity contribution in [3.05, 3.63) is 95.1 Å². The fourth-order valence-electron chi connectivity index (χ4n) is 4.52. The van der Waals surface area contributed by atoms with Crippen LogP contribution in [0.15, 0.2) is 78.4 Å². The van der Waals surface area contributed by atoms with Gasteiger partial charge in [-0.2, -0.15) is 0 Å². The maximum absolute atomic E-state index is 13.4. The van der Waals surface area contributed by atoms with Gasteiger partial charge in [-0.05, 0) is 48.7 Å². The van der Waals surface area contributed by atoms with Gasteiger partial charge < -0.3 is 24.2 Å². The van der Waals surface area contributed by atoms with E-state index in [0.29, 0.717) is 41.6 Å². The van der Waals surface area contributed by atoms with Gasteiger partial charge in [-0.1, -0.05) is 61.9 Å². The van der Waals surface area contributed by atoms with Gasteiger partial charge in [0.1, 0.15) is 11.5 Å². The van der Waals surface area contributed by atoms with Crippen molar-refractivity contribution in [2.24, 2.45) is 0 Å². The Labute approximate surface area is 223 Å².